The Morgan fingerprint density at radius 2 is 2.00 bits per heavy atom. The lowest BCUT2D eigenvalue weighted by Gasteiger charge is -2.16. The number of rotatable bonds is 3. The summed E-state index contributed by atoms with van der Waals surface area (Å²) in [7, 11) is 1.50. The largest absolute Gasteiger partial charge is 0.496 e. The van der Waals surface area contributed by atoms with E-state index in [9.17, 15) is 14.7 Å². The van der Waals surface area contributed by atoms with Crippen molar-refractivity contribution in [1.29, 1.82) is 0 Å². The van der Waals surface area contributed by atoms with Crippen molar-refractivity contribution in [2.75, 3.05) is 7.11 Å². The fraction of sp³-hybridized carbons (Fsp3) is 0.222. The first kappa shape index (κ1) is 15.1. The molecule has 1 heterocycles. The van der Waals surface area contributed by atoms with Crippen LogP contribution in [0.25, 0.3) is 0 Å². The number of fused-ring (bicyclic) bond motifs is 2. The summed E-state index contributed by atoms with van der Waals surface area (Å²) in [5.74, 6) is -1.30. The van der Waals surface area contributed by atoms with Crippen LogP contribution in [-0.2, 0) is 11.2 Å². The lowest BCUT2D eigenvalue weighted by Crippen LogP contribution is -2.11. The third-order valence-corrected chi connectivity index (χ3v) is 4.07. The third-order valence-electron chi connectivity index (χ3n) is 4.07. The van der Waals surface area contributed by atoms with E-state index in [-0.39, 0.29) is 0 Å². The molecule has 0 saturated heterocycles. The maximum Gasteiger partial charge on any atom is 0.343 e. The fourth-order valence-corrected chi connectivity index (χ4v) is 2.73. The molecule has 1 N–H and O–H groups in total. The molecule has 3 rings (SSSR count). The van der Waals surface area contributed by atoms with E-state index in [1.54, 1.807) is 31.2 Å². The summed E-state index contributed by atoms with van der Waals surface area (Å²) < 4.78 is 10.8. The molecular weight excluding hydrogens is 296 g/mol. The lowest BCUT2D eigenvalue weighted by molar-refractivity contribution is -0.138. The van der Waals surface area contributed by atoms with Crippen molar-refractivity contribution < 1.29 is 24.2 Å². The van der Waals surface area contributed by atoms with Crippen LogP contribution in [0.3, 0.4) is 0 Å². The maximum atomic E-state index is 12.3. The van der Waals surface area contributed by atoms with Crippen molar-refractivity contribution in [3.05, 3.63) is 58.7 Å². The van der Waals surface area contributed by atoms with Crippen LogP contribution in [0.1, 0.15) is 39.9 Å². The van der Waals surface area contributed by atoms with Crippen molar-refractivity contribution >= 4 is 11.9 Å². The predicted molar refractivity (Wildman–Crippen MR) is 83.3 cm³/mol. The van der Waals surface area contributed by atoms with Gasteiger partial charge in [-0.2, -0.15) is 0 Å². The van der Waals surface area contributed by atoms with Crippen molar-refractivity contribution in [3.8, 4) is 11.5 Å². The van der Waals surface area contributed by atoms with E-state index in [4.69, 9.17) is 9.47 Å². The highest BCUT2D eigenvalue weighted by Gasteiger charge is 2.26. The molecular formula is C18H16O5. The Hall–Kier alpha value is -2.82. The SMILES string of the molecule is COc1cc2c(cc1C(C)C(=O)O)OC(=O)c1ccccc1C2. The first-order chi connectivity index (χ1) is 11.0. The monoisotopic (exact) mass is 312 g/mol. The zero-order chi connectivity index (χ0) is 16.6. The Balaban J connectivity index is 2.13. The molecule has 1 atom stereocenters. The summed E-state index contributed by atoms with van der Waals surface area (Å²) >= 11 is 0. The van der Waals surface area contributed by atoms with Crippen molar-refractivity contribution in [2.24, 2.45) is 0 Å². The molecule has 1 unspecified atom stereocenters. The Bertz CT molecular complexity index is 794. The molecule has 0 aromatic heterocycles. The smallest absolute Gasteiger partial charge is 0.343 e. The van der Waals surface area contributed by atoms with Crippen LogP contribution < -0.4 is 9.47 Å². The number of benzene rings is 2. The molecule has 0 aliphatic carbocycles. The Morgan fingerprint density at radius 3 is 2.70 bits per heavy atom. The van der Waals surface area contributed by atoms with Crippen LogP contribution in [0, 0.1) is 0 Å². The highest BCUT2D eigenvalue weighted by Crippen LogP contribution is 2.37. The average molecular weight is 312 g/mol. The minimum Gasteiger partial charge on any atom is -0.496 e. The highest BCUT2D eigenvalue weighted by molar-refractivity contribution is 5.94. The van der Waals surface area contributed by atoms with Gasteiger partial charge >= 0.3 is 11.9 Å². The van der Waals surface area contributed by atoms with E-state index in [0.29, 0.717) is 29.0 Å². The molecule has 2 aromatic carbocycles. The van der Waals surface area contributed by atoms with Crippen LogP contribution in [-0.4, -0.2) is 24.2 Å². The lowest BCUT2D eigenvalue weighted by atomic mass is 9.95. The Morgan fingerprint density at radius 1 is 1.26 bits per heavy atom. The standard InChI is InChI=1S/C18H16O5/c1-10(17(19)20)14-9-15-12(8-16(14)22-2)7-11-5-3-4-6-13(11)18(21)23-15/h3-6,8-10H,7H2,1-2H3,(H,19,20). The van der Waals surface area contributed by atoms with Crippen LogP contribution in [0.15, 0.2) is 36.4 Å². The quantitative estimate of drug-likeness (QED) is 0.696. The van der Waals surface area contributed by atoms with Crippen LogP contribution in [0.2, 0.25) is 0 Å². The molecule has 0 amide bonds. The van der Waals surface area contributed by atoms with Gasteiger partial charge in [0, 0.05) is 17.5 Å². The van der Waals surface area contributed by atoms with Gasteiger partial charge in [-0.15, -0.1) is 0 Å². The summed E-state index contributed by atoms with van der Waals surface area (Å²) in [6.07, 6.45) is 0.523. The number of aliphatic carboxylic acids is 1. The van der Waals surface area contributed by atoms with Crippen molar-refractivity contribution in [2.45, 2.75) is 19.3 Å². The average Bonchev–Trinajstić information content (AvgIpc) is 2.68. The van der Waals surface area contributed by atoms with E-state index in [2.05, 4.69) is 0 Å². The summed E-state index contributed by atoms with van der Waals surface area (Å²) in [6, 6.07) is 10.6. The molecule has 23 heavy (non-hydrogen) atoms. The second-order valence-electron chi connectivity index (χ2n) is 5.49. The molecule has 5 nitrogen and oxygen atoms in total. The van der Waals surface area contributed by atoms with E-state index in [0.717, 1.165) is 11.1 Å². The van der Waals surface area contributed by atoms with Gasteiger partial charge in [0.2, 0.25) is 0 Å². The van der Waals surface area contributed by atoms with Gasteiger partial charge in [-0.25, -0.2) is 4.79 Å². The van der Waals surface area contributed by atoms with Gasteiger partial charge in [0.05, 0.1) is 18.6 Å². The number of carboxylic acids is 1. The minimum atomic E-state index is -0.966. The van der Waals surface area contributed by atoms with E-state index >= 15 is 0 Å². The predicted octanol–water partition coefficient (Wildman–Crippen LogP) is 3.01. The molecule has 5 heteroatoms. The fourth-order valence-electron chi connectivity index (χ4n) is 2.73. The maximum absolute atomic E-state index is 12.3. The number of esters is 1. The first-order valence-corrected chi connectivity index (χ1v) is 7.25. The van der Waals surface area contributed by atoms with Gasteiger partial charge < -0.3 is 14.6 Å². The summed E-state index contributed by atoms with van der Waals surface area (Å²) in [5.41, 5.74) is 2.67. The molecule has 1 aliphatic heterocycles. The zero-order valence-electron chi connectivity index (χ0n) is 12.8. The molecule has 0 spiro atoms. The number of hydrogen-bond donors (Lipinski definition) is 1. The second-order valence-corrected chi connectivity index (χ2v) is 5.49. The molecule has 1 aliphatic rings. The first-order valence-electron chi connectivity index (χ1n) is 7.25. The topological polar surface area (TPSA) is 72.8 Å². The summed E-state index contributed by atoms with van der Waals surface area (Å²) in [5, 5.41) is 9.25. The number of ether oxygens (including phenoxy) is 2. The molecule has 0 bridgehead atoms. The normalized spacial score (nSPS) is 14.1. The highest BCUT2D eigenvalue weighted by atomic mass is 16.5. The Labute approximate surface area is 133 Å². The van der Waals surface area contributed by atoms with Crippen molar-refractivity contribution in [1.82, 2.24) is 0 Å². The van der Waals surface area contributed by atoms with Gasteiger partial charge in [0.1, 0.15) is 11.5 Å². The Kier molecular flexibility index (Phi) is 3.78. The summed E-state index contributed by atoms with van der Waals surface area (Å²) in [6.45, 7) is 1.57. The molecule has 0 radical (unpaired) electrons. The van der Waals surface area contributed by atoms with Crippen molar-refractivity contribution in [3.63, 3.8) is 0 Å². The number of carbonyl (C=O) groups excluding carboxylic acids is 1. The second kappa shape index (κ2) is 5.76. The minimum absolute atomic E-state index is 0.384. The van der Waals surface area contributed by atoms with Gasteiger partial charge in [-0.05, 0) is 30.7 Å². The van der Waals surface area contributed by atoms with Gasteiger partial charge in [0.15, 0.2) is 0 Å². The van der Waals surface area contributed by atoms with E-state index < -0.39 is 17.9 Å². The number of carboxylic acid groups (broad SMARTS) is 1. The van der Waals surface area contributed by atoms with Crippen LogP contribution in [0.4, 0.5) is 0 Å². The molecule has 0 fully saturated rings. The number of carbonyl (C=O) groups is 2. The molecule has 118 valence electrons. The number of hydrogen-bond acceptors (Lipinski definition) is 4. The zero-order valence-corrected chi connectivity index (χ0v) is 12.8. The van der Waals surface area contributed by atoms with Gasteiger partial charge in [0.25, 0.3) is 0 Å². The van der Waals surface area contributed by atoms with E-state index in [1.807, 2.05) is 12.1 Å². The molecule has 2 aromatic rings. The molecule has 0 saturated carbocycles. The van der Waals surface area contributed by atoms with E-state index in [1.165, 1.54) is 7.11 Å². The van der Waals surface area contributed by atoms with Gasteiger partial charge in [-0.3, -0.25) is 4.79 Å². The third kappa shape index (κ3) is 2.65. The van der Waals surface area contributed by atoms with Crippen LogP contribution in [0.5, 0.6) is 11.5 Å². The van der Waals surface area contributed by atoms with Gasteiger partial charge in [-0.1, -0.05) is 18.2 Å². The summed E-state index contributed by atoms with van der Waals surface area (Å²) in [4.78, 5) is 23.6. The van der Waals surface area contributed by atoms with Crippen LogP contribution >= 0.6 is 0 Å². The number of methoxy groups -OCH3 is 1.